The molecule has 0 bridgehead atoms. The second-order valence-electron chi connectivity index (χ2n) is 5.94. The average molecular weight is 298 g/mol. The van der Waals surface area contributed by atoms with Crippen molar-refractivity contribution in [3.63, 3.8) is 0 Å². The Hall–Kier alpha value is -1.12. The lowest BCUT2D eigenvalue weighted by Crippen LogP contribution is -2.41. The minimum Gasteiger partial charge on any atom is -0.399 e. The van der Waals surface area contributed by atoms with Gasteiger partial charge in [-0.2, -0.15) is 0 Å². The Labute approximate surface area is 120 Å². The van der Waals surface area contributed by atoms with Crippen LogP contribution >= 0.6 is 0 Å². The number of pyridine rings is 1. The third kappa shape index (κ3) is 3.13. The topological polar surface area (TPSA) is 77.5 Å². The van der Waals surface area contributed by atoms with Gasteiger partial charge in [-0.25, -0.2) is 13.4 Å². The van der Waals surface area contributed by atoms with Gasteiger partial charge in [0.05, 0.1) is 17.5 Å². The van der Waals surface area contributed by atoms with Crippen molar-refractivity contribution in [3.05, 3.63) is 18.3 Å². The Balaban J connectivity index is 2.25. The zero-order valence-electron chi connectivity index (χ0n) is 12.3. The number of anilines is 1. The number of rotatable bonds is 3. The van der Waals surface area contributed by atoms with Crippen LogP contribution in [0.25, 0.3) is 0 Å². The highest BCUT2D eigenvalue weighted by molar-refractivity contribution is 7.92. The van der Waals surface area contributed by atoms with Crippen LogP contribution in [0.1, 0.15) is 27.7 Å². The molecule has 1 aliphatic rings. The number of aromatic nitrogens is 1. The van der Waals surface area contributed by atoms with E-state index in [1.54, 1.807) is 12.1 Å². The Morgan fingerprint density at radius 1 is 1.20 bits per heavy atom. The van der Waals surface area contributed by atoms with Gasteiger partial charge in [0, 0.05) is 6.20 Å². The monoisotopic (exact) mass is 298 g/mol. The molecule has 110 valence electrons. The summed E-state index contributed by atoms with van der Waals surface area (Å²) in [7, 11) is -3.90. The maximum absolute atomic E-state index is 11.2. The van der Waals surface area contributed by atoms with Crippen molar-refractivity contribution in [3.8, 4) is 0 Å². The Morgan fingerprint density at radius 3 is 2.25 bits per heavy atom. The van der Waals surface area contributed by atoms with E-state index in [4.69, 9.17) is 9.31 Å². The second-order valence-corrected chi connectivity index (χ2v) is 7.69. The lowest BCUT2D eigenvalue weighted by molar-refractivity contribution is 0.00578. The molecule has 1 aromatic rings. The highest BCUT2D eigenvalue weighted by Crippen LogP contribution is 2.36. The first-order valence-corrected chi connectivity index (χ1v) is 8.19. The Morgan fingerprint density at radius 2 is 1.75 bits per heavy atom. The van der Waals surface area contributed by atoms with Crippen LogP contribution in [-0.4, -0.2) is 38.0 Å². The van der Waals surface area contributed by atoms with Crippen molar-refractivity contribution in [1.29, 1.82) is 0 Å². The van der Waals surface area contributed by atoms with Crippen molar-refractivity contribution in [2.75, 3.05) is 11.0 Å². The summed E-state index contributed by atoms with van der Waals surface area (Å²) in [6.07, 6.45) is 2.60. The molecular formula is C12H19BN2O4S. The van der Waals surface area contributed by atoms with Gasteiger partial charge in [-0.1, -0.05) is 0 Å². The van der Waals surface area contributed by atoms with Gasteiger partial charge >= 0.3 is 7.12 Å². The van der Waals surface area contributed by atoms with E-state index >= 15 is 0 Å². The van der Waals surface area contributed by atoms with Crippen LogP contribution in [0.3, 0.4) is 0 Å². The SMILES string of the molecule is CC1(C)OB(c2ccnc(NS(C)(=O)=O)c2)OC1(C)C. The number of nitrogens with zero attached hydrogens (tertiary/aromatic N) is 1. The lowest BCUT2D eigenvalue weighted by atomic mass is 9.80. The highest BCUT2D eigenvalue weighted by Gasteiger charge is 2.51. The van der Waals surface area contributed by atoms with Crippen molar-refractivity contribution in [1.82, 2.24) is 4.98 Å². The van der Waals surface area contributed by atoms with E-state index in [1.165, 1.54) is 6.20 Å². The van der Waals surface area contributed by atoms with Crippen molar-refractivity contribution >= 4 is 28.4 Å². The molecule has 0 atom stereocenters. The summed E-state index contributed by atoms with van der Waals surface area (Å²) in [4.78, 5) is 3.97. The smallest absolute Gasteiger partial charge is 0.399 e. The number of hydrogen-bond donors (Lipinski definition) is 1. The van der Waals surface area contributed by atoms with Crippen LogP contribution in [0.5, 0.6) is 0 Å². The fraction of sp³-hybridized carbons (Fsp3) is 0.583. The number of hydrogen-bond acceptors (Lipinski definition) is 5. The summed E-state index contributed by atoms with van der Waals surface area (Å²) < 4.78 is 36.6. The van der Waals surface area contributed by atoms with Gasteiger partial charge < -0.3 is 9.31 Å². The van der Waals surface area contributed by atoms with Gasteiger partial charge in [-0.15, -0.1) is 0 Å². The normalized spacial score (nSPS) is 20.9. The molecule has 0 saturated carbocycles. The minimum absolute atomic E-state index is 0.250. The second kappa shape index (κ2) is 4.72. The standard InChI is InChI=1S/C12H19BN2O4S/c1-11(2)12(3,4)19-13(18-11)9-6-7-14-10(8-9)15-20(5,16)17/h6-8H,1-5H3,(H,14,15). The molecule has 1 N–H and O–H groups in total. The van der Waals surface area contributed by atoms with Crippen LogP contribution in [0.2, 0.25) is 0 Å². The summed E-state index contributed by atoms with van der Waals surface area (Å²) in [5.74, 6) is 0.250. The summed E-state index contributed by atoms with van der Waals surface area (Å²) in [5, 5.41) is 0. The van der Waals surface area contributed by atoms with Gasteiger partial charge in [-0.3, -0.25) is 4.72 Å². The molecule has 2 rings (SSSR count). The summed E-state index contributed by atoms with van der Waals surface area (Å²) in [6.45, 7) is 7.85. The molecule has 1 fully saturated rings. The summed E-state index contributed by atoms with van der Waals surface area (Å²) in [6, 6.07) is 3.36. The van der Waals surface area contributed by atoms with E-state index in [1.807, 2.05) is 27.7 Å². The van der Waals surface area contributed by atoms with Gasteiger partial charge in [0.15, 0.2) is 0 Å². The molecular weight excluding hydrogens is 279 g/mol. The molecule has 0 aromatic carbocycles. The zero-order valence-corrected chi connectivity index (χ0v) is 13.1. The quantitative estimate of drug-likeness (QED) is 0.833. The fourth-order valence-corrected chi connectivity index (χ4v) is 2.31. The first kappa shape index (κ1) is 15.3. The summed E-state index contributed by atoms with van der Waals surface area (Å²) in [5.41, 5.74) is -0.152. The van der Waals surface area contributed by atoms with E-state index in [2.05, 4.69) is 9.71 Å². The zero-order chi connectivity index (χ0) is 15.2. The maximum atomic E-state index is 11.2. The molecule has 1 aromatic heterocycles. The summed E-state index contributed by atoms with van der Waals surface area (Å²) >= 11 is 0. The van der Waals surface area contributed by atoms with Crippen molar-refractivity contribution in [2.45, 2.75) is 38.9 Å². The van der Waals surface area contributed by atoms with E-state index in [0.29, 0.717) is 0 Å². The molecule has 8 heteroatoms. The third-order valence-electron chi connectivity index (χ3n) is 3.60. The molecule has 1 aliphatic heterocycles. The largest absolute Gasteiger partial charge is 0.495 e. The molecule has 6 nitrogen and oxygen atoms in total. The maximum Gasteiger partial charge on any atom is 0.495 e. The van der Waals surface area contributed by atoms with Crippen LogP contribution in [0.15, 0.2) is 18.3 Å². The van der Waals surface area contributed by atoms with Gasteiger partial charge in [0.2, 0.25) is 10.0 Å². The van der Waals surface area contributed by atoms with Crippen LogP contribution in [-0.2, 0) is 19.3 Å². The van der Waals surface area contributed by atoms with Crippen LogP contribution < -0.4 is 10.2 Å². The van der Waals surface area contributed by atoms with Crippen LogP contribution in [0, 0.1) is 0 Å². The molecule has 20 heavy (non-hydrogen) atoms. The first-order chi connectivity index (χ1) is 9.00. The molecule has 0 aliphatic carbocycles. The molecule has 2 heterocycles. The highest BCUT2D eigenvalue weighted by atomic mass is 32.2. The molecule has 1 saturated heterocycles. The predicted molar refractivity (Wildman–Crippen MR) is 78.4 cm³/mol. The van der Waals surface area contributed by atoms with Crippen LogP contribution in [0.4, 0.5) is 5.82 Å². The van der Waals surface area contributed by atoms with E-state index in [9.17, 15) is 8.42 Å². The van der Waals surface area contributed by atoms with Gasteiger partial charge in [-0.05, 0) is 45.3 Å². The van der Waals surface area contributed by atoms with E-state index < -0.39 is 28.3 Å². The minimum atomic E-state index is -3.36. The first-order valence-electron chi connectivity index (χ1n) is 6.30. The predicted octanol–water partition coefficient (Wildman–Crippen LogP) is 0.752. The molecule has 0 amide bonds. The van der Waals surface area contributed by atoms with Gasteiger partial charge in [0.25, 0.3) is 0 Å². The number of nitrogens with one attached hydrogen (secondary N) is 1. The molecule has 0 unspecified atom stereocenters. The Bertz CT molecular complexity index is 600. The average Bonchev–Trinajstić information content (AvgIpc) is 2.46. The van der Waals surface area contributed by atoms with E-state index in [-0.39, 0.29) is 5.82 Å². The molecule has 0 spiro atoms. The van der Waals surface area contributed by atoms with Crippen molar-refractivity contribution in [2.24, 2.45) is 0 Å². The molecule has 0 radical (unpaired) electrons. The Kier molecular flexibility index (Phi) is 3.60. The van der Waals surface area contributed by atoms with Crippen molar-refractivity contribution < 1.29 is 17.7 Å². The van der Waals surface area contributed by atoms with E-state index in [0.717, 1.165) is 11.7 Å². The third-order valence-corrected chi connectivity index (χ3v) is 4.18. The fourth-order valence-electron chi connectivity index (χ4n) is 1.82. The lowest BCUT2D eigenvalue weighted by Gasteiger charge is -2.32. The van der Waals surface area contributed by atoms with Gasteiger partial charge in [0.1, 0.15) is 5.82 Å². The number of sulfonamides is 1.